The van der Waals surface area contributed by atoms with Crippen molar-refractivity contribution in [1.82, 2.24) is 4.90 Å². The van der Waals surface area contributed by atoms with Gasteiger partial charge in [-0.1, -0.05) is 23.2 Å². The van der Waals surface area contributed by atoms with Crippen LogP contribution in [0.1, 0.15) is 10.4 Å². The number of rotatable bonds is 5. The second-order valence-corrected chi connectivity index (χ2v) is 7.02. The molecule has 1 rings (SSSR count). The quantitative estimate of drug-likeness (QED) is 0.896. The van der Waals surface area contributed by atoms with Crippen molar-refractivity contribution in [3.05, 3.63) is 27.7 Å². The van der Waals surface area contributed by atoms with Gasteiger partial charge < -0.3 is 10.0 Å². The molecule has 0 aliphatic rings. The second-order valence-electron chi connectivity index (χ2n) is 4.16. The number of benzene rings is 1. The minimum absolute atomic E-state index is 0.0935. The van der Waals surface area contributed by atoms with Crippen LogP contribution in [0.15, 0.2) is 17.0 Å². The fraction of sp³-hybridized carbons (Fsp3) is 0.364. The van der Waals surface area contributed by atoms with Crippen molar-refractivity contribution in [3.63, 3.8) is 0 Å². The minimum atomic E-state index is -3.65. The van der Waals surface area contributed by atoms with Gasteiger partial charge in [-0.25, -0.2) is 13.2 Å². The zero-order valence-corrected chi connectivity index (χ0v) is 12.7. The number of hydrogen-bond acceptors (Lipinski definition) is 4. The Morgan fingerprint density at radius 1 is 1.32 bits per heavy atom. The summed E-state index contributed by atoms with van der Waals surface area (Å²) in [6.07, 6.45) is 0. The lowest BCUT2D eigenvalue weighted by molar-refractivity contribution is 0.0697. The monoisotopic (exact) mass is 325 g/mol. The molecule has 8 heteroatoms. The van der Waals surface area contributed by atoms with Crippen LogP contribution in [-0.2, 0) is 9.84 Å². The minimum Gasteiger partial charge on any atom is -0.478 e. The van der Waals surface area contributed by atoms with Crippen LogP contribution in [0.25, 0.3) is 0 Å². The van der Waals surface area contributed by atoms with Crippen molar-refractivity contribution in [2.45, 2.75) is 4.90 Å². The van der Waals surface area contributed by atoms with E-state index in [-0.39, 0.29) is 20.7 Å². The number of carbonyl (C=O) groups is 1. The summed E-state index contributed by atoms with van der Waals surface area (Å²) in [5.41, 5.74) is -0.394. The first kappa shape index (κ1) is 16.2. The molecule has 1 aromatic rings. The maximum Gasteiger partial charge on any atom is 0.338 e. The average Bonchev–Trinajstić information content (AvgIpc) is 2.25. The summed E-state index contributed by atoms with van der Waals surface area (Å²) in [4.78, 5) is 12.5. The van der Waals surface area contributed by atoms with Gasteiger partial charge in [0.25, 0.3) is 0 Å². The van der Waals surface area contributed by atoms with E-state index in [0.717, 1.165) is 0 Å². The number of nitrogens with zero attached hydrogens (tertiary/aromatic N) is 1. The lowest BCUT2D eigenvalue weighted by Crippen LogP contribution is -2.22. The highest BCUT2D eigenvalue weighted by Gasteiger charge is 2.24. The van der Waals surface area contributed by atoms with E-state index in [0.29, 0.717) is 6.54 Å². The number of hydrogen-bond donors (Lipinski definition) is 1. The topological polar surface area (TPSA) is 74.7 Å². The molecule has 106 valence electrons. The Balaban J connectivity index is 3.29. The van der Waals surface area contributed by atoms with Gasteiger partial charge in [-0.2, -0.15) is 0 Å². The zero-order chi connectivity index (χ0) is 14.8. The molecule has 0 heterocycles. The molecule has 0 bridgehead atoms. The van der Waals surface area contributed by atoms with E-state index < -0.39 is 21.4 Å². The van der Waals surface area contributed by atoms with Crippen molar-refractivity contribution in [2.24, 2.45) is 0 Å². The lowest BCUT2D eigenvalue weighted by Gasteiger charge is -2.12. The summed E-state index contributed by atoms with van der Waals surface area (Å²) in [5, 5.41) is 8.54. The average molecular weight is 326 g/mol. The predicted molar refractivity (Wildman–Crippen MR) is 74.0 cm³/mol. The maximum absolute atomic E-state index is 12.1. The van der Waals surface area contributed by atoms with Gasteiger partial charge in [0.15, 0.2) is 9.84 Å². The molecule has 0 fully saturated rings. The Hall–Kier alpha value is -0.820. The summed E-state index contributed by atoms with van der Waals surface area (Å²) < 4.78 is 24.2. The van der Waals surface area contributed by atoms with E-state index in [4.69, 9.17) is 28.3 Å². The fourth-order valence-corrected chi connectivity index (χ4v) is 3.74. The van der Waals surface area contributed by atoms with Gasteiger partial charge in [-0.3, -0.25) is 0 Å². The normalized spacial score (nSPS) is 11.8. The van der Waals surface area contributed by atoms with Crippen LogP contribution in [0.5, 0.6) is 0 Å². The zero-order valence-electron chi connectivity index (χ0n) is 10.4. The van der Waals surface area contributed by atoms with Gasteiger partial charge in [-0.15, -0.1) is 0 Å². The summed E-state index contributed by atoms with van der Waals surface area (Å²) >= 11 is 11.6. The highest BCUT2D eigenvalue weighted by atomic mass is 35.5. The Kier molecular flexibility index (Phi) is 5.20. The Bertz CT molecular complexity index is 599. The lowest BCUT2D eigenvalue weighted by atomic mass is 10.2. The molecular weight excluding hydrogens is 313 g/mol. The Morgan fingerprint density at radius 3 is 2.37 bits per heavy atom. The van der Waals surface area contributed by atoms with Gasteiger partial charge in [0.1, 0.15) is 0 Å². The van der Waals surface area contributed by atoms with Crippen molar-refractivity contribution in [2.75, 3.05) is 26.4 Å². The first-order valence-electron chi connectivity index (χ1n) is 5.25. The molecular formula is C11H13Cl2NO4S. The number of carboxylic acid groups (broad SMARTS) is 1. The number of sulfone groups is 1. The van der Waals surface area contributed by atoms with E-state index >= 15 is 0 Å². The third-order valence-electron chi connectivity index (χ3n) is 2.41. The summed E-state index contributed by atoms with van der Waals surface area (Å²) in [6.45, 7) is 0.309. The Labute approximate surface area is 121 Å². The molecule has 0 aliphatic carbocycles. The van der Waals surface area contributed by atoms with Crippen LogP contribution in [-0.4, -0.2) is 50.8 Å². The third kappa shape index (κ3) is 3.82. The molecule has 0 saturated carbocycles. The SMILES string of the molecule is CN(C)CCS(=O)(=O)c1ccc(Cl)c(C(=O)O)c1Cl. The first-order valence-corrected chi connectivity index (χ1v) is 7.66. The van der Waals surface area contributed by atoms with Gasteiger partial charge in [0.2, 0.25) is 0 Å². The third-order valence-corrected chi connectivity index (χ3v) is 4.96. The standard InChI is InChI=1S/C11H13Cl2NO4S/c1-14(2)5-6-19(17,18)8-4-3-7(12)9(10(8)13)11(15)16/h3-4H,5-6H2,1-2H3,(H,15,16). The van der Waals surface area contributed by atoms with Crippen molar-refractivity contribution in [1.29, 1.82) is 0 Å². The summed E-state index contributed by atoms with van der Waals surface area (Å²) in [7, 11) is -0.179. The van der Waals surface area contributed by atoms with E-state index in [1.54, 1.807) is 19.0 Å². The van der Waals surface area contributed by atoms with E-state index in [1.807, 2.05) is 0 Å². The molecule has 1 aromatic carbocycles. The molecule has 0 amide bonds. The Morgan fingerprint density at radius 2 is 1.89 bits per heavy atom. The van der Waals surface area contributed by atoms with Crippen LogP contribution in [0.3, 0.4) is 0 Å². The number of carboxylic acids is 1. The molecule has 1 N–H and O–H groups in total. The van der Waals surface area contributed by atoms with Crippen LogP contribution in [0, 0.1) is 0 Å². The van der Waals surface area contributed by atoms with Gasteiger partial charge in [0.05, 0.1) is 26.3 Å². The highest BCUT2D eigenvalue weighted by molar-refractivity contribution is 7.91. The molecule has 0 aromatic heterocycles. The molecule has 5 nitrogen and oxygen atoms in total. The molecule has 19 heavy (non-hydrogen) atoms. The largest absolute Gasteiger partial charge is 0.478 e. The van der Waals surface area contributed by atoms with Gasteiger partial charge in [-0.05, 0) is 26.2 Å². The highest BCUT2D eigenvalue weighted by Crippen LogP contribution is 2.31. The van der Waals surface area contributed by atoms with Crippen molar-refractivity contribution in [3.8, 4) is 0 Å². The van der Waals surface area contributed by atoms with Crippen LogP contribution in [0.4, 0.5) is 0 Å². The molecule has 0 atom stereocenters. The summed E-state index contributed by atoms with van der Waals surface area (Å²) in [5.74, 6) is -1.51. The van der Waals surface area contributed by atoms with Crippen molar-refractivity contribution < 1.29 is 18.3 Å². The van der Waals surface area contributed by atoms with E-state index in [9.17, 15) is 13.2 Å². The smallest absolute Gasteiger partial charge is 0.338 e. The van der Waals surface area contributed by atoms with E-state index in [1.165, 1.54) is 12.1 Å². The number of aromatic carboxylic acids is 1. The molecule has 0 aliphatic heterocycles. The number of halogens is 2. The van der Waals surface area contributed by atoms with Gasteiger partial charge in [0, 0.05) is 6.54 Å². The van der Waals surface area contributed by atoms with Gasteiger partial charge >= 0.3 is 5.97 Å². The molecule has 0 spiro atoms. The molecule has 0 unspecified atom stereocenters. The molecule has 0 saturated heterocycles. The molecule has 0 radical (unpaired) electrons. The predicted octanol–water partition coefficient (Wildman–Crippen LogP) is 2.03. The first-order chi connectivity index (χ1) is 8.66. The summed E-state index contributed by atoms with van der Waals surface area (Å²) in [6, 6.07) is 2.45. The van der Waals surface area contributed by atoms with Crippen LogP contribution >= 0.6 is 23.2 Å². The maximum atomic E-state index is 12.1. The van der Waals surface area contributed by atoms with E-state index in [2.05, 4.69) is 0 Å². The fourth-order valence-electron chi connectivity index (χ4n) is 1.38. The van der Waals surface area contributed by atoms with Crippen LogP contribution < -0.4 is 0 Å². The van der Waals surface area contributed by atoms with Crippen molar-refractivity contribution >= 4 is 39.0 Å². The van der Waals surface area contributed by atoms with Crippen LogP contribution in [0.2, 0.25) is 10.0 Å². The second kappa shape index (κ2) is 6.09.